The summed E-state index contributed by atoms with van der Waals surface area (Å²) in [5.41, 5.74) is -0.313. The van der Waals surface area contributed by atoms with Crippen LogP contribution in [0.25, 0.3) is 0 Å². The van der Waals surface area contributed by atoms with E-state index in [0.29, 0.717) is 25.1 Å². The van der Waals surface area contributed by atoms with Gasteiger partial charge in [-0.25, -0.2) is 0 Å². The molecule has 7 heteroatoms. The van der Waals surface area contributed by atoms with Gasteiger partial charge < -0.3 is 9.47 Å². The number of benzene rings is 1. The van der Waals surface area contributed by atoms with Crippen molar-refractivity contribution < 1.29 is 24.0 Å². The molecule has 0 spiro atoms. The van der Waals surface area contributed by atoms with E-state index in [9.17, 15) is 19.7 Å². The summed E-state index contributed by atoms with van der Waals surface area (Å²) in [6.07, 6.45) is 0.804. The van der Waals surface area contributed by atoms with Crippen molar-refractivity contribution in [2.75, 3.05) is 6.61 Å². The summed E-state index contributed by atoms with van der Waals surface area (Å²) in [5.74, 6) is 0.0456. The summed E-state index contributed by atoms with van der Waals surface area (Å²) in [6.45, 7) is 3.83. The molecule has 1 atom stereocenters. The van der Waals surface area contributed by atoms with Gasteiger partial charge in [0.1, 0.15) is 5.75 Å². The summed E-state index contributed by atoms with van der Waals surface area (Å²) in [7, 11) is 0. The molecule has 0 bridgehead atoms. The first-order chi connectivity index (χ1) is 9.97. The van der Waals surface area contributed by atoms with Crippen LogP contribution in [-0.4, -0.2) is 29.9 Å². The molecule has 1 aromatic rings. The van der Waals surface area contributed by atoms with Crippen molar-refractivity contribution in [2.24, 2.45) is 0 Å². The van der Waals surface area contributed by atoms with Gasteiger partial charge in [-0.1, -0.05) is 0 Å². The molecule has 0 aliphatic heterocycles. The monoisotopic (exact) mass is 295 g/mol. The van der Waals surface area contributed by atoms with Crippen LogP contribution in [0, 0.1) is 10.1 Å². The maximum atomic E-state index is 11.2. The van der Waals surface area contributed by atoms with E-state index in [1.807, 2.05) is 0 Å². The van der Waals surface area contributed by atoms with Gasteiger partial charge in [-0.3, -0.25) is 19.7 Å². The fourth-order valence-electron chi connectivity index (χ4n) is 1.71. The molecule has 0 saturated carbocycles. The van der Waals surface area contributed by atoms with Crippen LogP contribution < -0.4 is 4.74 Å². The van der Waals surface area contributed by atoms with Crippen LogP contribution in [0.4, 0.5) is 5.69 Å². The number of nitro benzene ring substituents is 1. The topological polar surface area (TPSA) is 95.7 Å². The molecule has 1 aromatic carbocycles. The van der Waals surface area contributed by atoms with Gasteiger partial charge in [-0.05, 0) is 32.4 Å². The predicted molar refractivity (Wildman–Crippen MR) is 74.4 cm³/mol. The van der Waals surface area contributed by atoms with Gasteiger partial charge in [0.25, 0.3) is 5.69 Å². The Bertz CT molecular complexity index is 528. The number of esters is 1. The van der Waals surface area contributed by atoms with Gasteiger partial charge in [0.15, 0.2) is 6.29 Å². The molecule has 0 N–H and O–H groups in total. The molecule has 0 radical (unpaired) electrons. The third kappa shape index (κ3) is 5.21. The second-order valence-electron chi connectivity index (χ2n) is 4.37. The summed E-state index contributed by atoms with van der Waals surface area (Å²) in [4.78, 5) is 32.1. The zero-order valence-corrected chi connectivity index (χ0v) is 11.9. The molecular formula is C14H17NO6. The van der Waals surface area contributed by atoms with Crippen molar-refractivity contribution in [1.29, 1.82) is 0 Å². The predicted octanol–water partition coefficient (Wildman–Crippen LogP) is 2.52. The summed E-state index contributed by atoms with van der Waals surface area (Å²) in [6, 6.07) is 3.95. The second-order valence-corrected chi connectivity index (χ2v) is 4.37. The number of ether oxygens (including phenoxy) is 2. The van der Waals surface area contributed by atoms with Gasteiger partial charge in [-0.2, -0.15) is 0 Å². The minimum absolute atomic E-state index is 0.0462. The average molecular weight is 295 g/mol. The molecule has 1 rings (SSSR count). The Morgan fingerprint density at radius 1 is 1.48 bits per heavy atom. The van der Waals surface area contributed by atoms with E-state index in [-0.39, 0.29) is 29.7 Å². The molecule has 7 nitrogen and oxygen atoms in total. The van der Waals surface area contributed by atoms with Crippen molar-refractivity contribution in [3.8, 4) is 5.75 Å². The number of rotatable bonds is 8. The van der Waals surface area contributed by atoms with Crippen LogP contribution in [0.1, 0.15) is 37.0 Å². The van der Waals surface area contributed by atoms with E-state index < -0.39 is 4.92 Å². The van der Waals surface area contributed by atoms with Gasteiger partial charge >= 0.3 is 5.97 Å². The molecule has 114 valence electrons. The Balaban J connectivity index is 2.64. The number of carbonyl (C=O) groups excluding carboxylic acids is 2. The fraction of sp³-hybridized carbons (Fsp3) is 0.429. The van der Waals surface area contributed by atoms with E-state index >= 15 is 0 Å². The van der Waals surface area contributed by atoms with Crippen molar-refractivity contribution in [2.45, 2.75) is 32.8 Å². The molecule has 0 heterocycles. The number of carbonyl (C=O) groups is 2. The highest BCUT2D eigenvalue weighted by Crippen LogP contribution is 2.23. The van der Waals surface area contributed by atoms with Crippen molar-refractivity contribution in [3.63, 3.8) is 0 Å². The Labute approximate surface area is 122 Å². The van der Waals surface area contributed by atoms with Crippen molar-refractivity contribution in [3.05, 3.63) is 33.9 Å². The van der Waals surface area contributed by atoms with Crippen LogP contribution in [0.5, 0.6) is 5.75 Å². The van der Waals surface area contributed by atoms with Crippen LogP contribution in [-0.2, 0) is 9.53 Å². The lowest BCUT2D eigenvalue weighted by atomic mass is 10.2. The van der Waals surface area contributed by atoms with Gasteiger partial charge in [0.05, 0.1) is 23.2 Å². The number of nitro groups is 1. The van der Waals surface area contributed by atoms with Crippen LogP contribution in [0.15, 0.2) is 18.2 Å². The minimum atomic E-state index is -0.627. The van der Waals surface area contributed by atoms with E-state index in [1.165, 1.54) is 18.2 Å². The summed E-state index contributed by atoms with van der Waals surface area (Å²) in [5, 5.41) is 10.7. The maximum absolute atomic E-state index is 11.2. The van der Waals surface area contributed by atoms with Gasteiger partial charge in [0.2, 0.25) is 0 Å². The summed E-state index contributed by atoms with van der Waals surface area (Å²) >= 11 is 0. The highest BCUT2D eigenvalue weighted by atomic mass is 16.6. The normalized spacial score (nSPS) is 11.5. The third-order valence-corrected chi connectivity index (χ3v) is 2.72. The molecule has 1 unspecified atom stereocenters. The first kappa shape index (κ1) is 16.6. The Morgan fingerprint density at radius 2 is 2.19 bits per heavy atom. The van der Waals surface area contributed by atoms with Crippen molar-refractivity contribution in [1.82, 2.24) is 0 Å². The number of hydrogen-bond acceptors (Lipinski definition) is 6. The van der Waals surface area contributed by atoms with Crippen LogP contribution in [0.3, 0.4) is 0 Å². The Kier molecular flexibility index (Phi) is 6.32. The first-order valence-corrected chi connectivity index (χ1v) is 6.53. The molecule has 0 aliphatic carbocycles. The third-order valence-electron chi connectivity index (χ3n) is 2.72. The molecule has 0 aliphatic rings. The maximum Gasteiger partial charge on any atom is 0.305 e. The molecule has 0 fully saturated rings. The SMILES string of the molecule is CCOC(=O)CCC(C)Oc1ccc([N+](=O)[O-])c(C=O)c1. The molecule has 0 saturated heterocycles. The van der Waals surface area contributed by atoms with E-state index in [2.05, 4.69) is 0 Å². The Hall–Kier alpha value is -2.44. The fourth-order valence-corrected chi connectivity index (χ4v) is 1.71. The van der Waals surface area contributed by atoms with Gasteiger partial charge in [0, 0.05) is 12.5 Å². The standard InChI is InChI=1S/C14H17NO6/c1-3-20-14(17)7-4-10(2)21-12-5-6-13(15(18)19)11(8-12)9-16/h5-6,8-10H,3-4,7H2,1-2H3. The first-order valence-electron chi connectivity index (χ1n) is 6.53. The Morgan fingerprint density at radius 3 is 2.76 bits per heavy atom. The van der Waals surface area contributed by atoms with E-state index in [1.54, 1.807) is 13.8 Å². The summed E-state index contributed by atoms with van der Waals surface area (Å²) < 4.78 is 10.3. The molecular weight excluding hydrogens is 278 g/mol. The van der Waals surface area contributed by atoms with Crippen molar-refractivity contribution >= 4 is 17.9 Å². The quantitative estimate of drug-likeness (QED) is 0.316. The zero-order valence-electron chi connectivity index (χ0n) is 11.9. The van der Waals surface area contributed by atoms with E-state index in [4.69, 9.17) is 9.47 Å². The van der Waals surface area contributed by atoms with Crippen LogP contribution >= 0.6 is 0 Å². The van der Waals surface area contributed by atoms with E-state index in [0.717, 1.165) is 0 Å². The zero-order chi connectivity index (χ0) is 15.8. The van der Waals surface area contributed by atoms with Crippen LogP contribution in [0.2, 0.25) is 0 Å². The second kappa shape index (κ2) is 7.98. The lowest BCUT2D eigenvalue weighted by Gasteiger charge is -2.14. The highest BCUT2D eigenvalue weighted by molar-refractivity contribution is 5.82. The van der Waals surface area contributed by atoms with Gasteiger partial charge in [-0.15, -0.1) is 0 Å². The minimum Gasteiger partial charge on any atom is -0.491 e. The average Bonchev–Trinajstić information content (AvgIpc) is 2.45. The number of nitrogens with zero attached hydrogens (tertiary/aromatic N) is 1. The number of aldehydes is 1. The molecule has 21 heavy (non-hydrogen) atoms. The molecule has 0 amide bonds. The molecule has 0 aromatic heterocycles. The lowest BCUT2D eigenvalue weighted by molar-refractivity contribution is -0.385. The largest absolute Gasteiger partial charge is 0.491 e. The smallest absolute Gasteiger partial charge is 0.305 e. The number of hydrogen-bond donors (Lipinski definition) is 0. The lowest BCUT2D eigenvalue weighted by Crippen LogP contribution is -2.15. The highest BCUT2D eigenvalue weighted by Gasteiger charge is 2.15.